The summed E-state index contributed by atoms with van der Waals surface area (Å²) in [5.41, 5.74) is 0.452. The van der Waals surface area contributed by atoms with Crippen molar-refractivity contribution in [3.63, 3.8) is 0 Å². The summed E-state index contributed by atoms with van der Waals surface area (Å²) in [7, 11) is -3.75. The average Bonchev–Trinajstić information content (AvgIpc) is 2.64. The predicted octanol–water partition coefficient (Wildman–Crippen LogP) is 1.75. The lowest BCUT2D eigenvalue weighted by Crippen LogP contribution is -2.29. The second kappa shape index (κ2) is 8.70. The Bertz CT molecular complexity index is 900. The fraction of sp³-hybridized carbons (Fsp3) is 0.167. The van der Waals surface area contributed by atoms with Crippen molar-refractivity contribution in [2.45, 2.75) is 11.0 Å². The zero-order chi connectivity index (χ0) is 19.2. The van der Waals surface area contributed by atoms with Crippen LogP contribution >= 0.6 is 0 Å². The number of amides is 1. The van der Waals surface area contributed by atoms with E-state index in [0.29, 0.717) is 5.56 Å². The van der Waals surface area contributed by atoms with Crippen molar-refractivity contribution in [3.8, 4) is 0 Å². The first-order valence-corrected chi connectivity index (χ1v) is 9.24. The van der Waals surface area contributed by atoms with E-state index < -0.39 is 27.9 Å². The van der Waals surface area contributed by atoms with Crippen LogP contribution in [0.25, 0.3) is 0 Å². The molecule has 0 saturated heterocycles. The van der Waals surface area contributed by atoms with Crippen molar-refractivity contribution < 1.29 is 22.7 Å². The van der Waals surface area contributed by atoms with E-state index in [4.69, 9.17) is 0 Å². The Morgan fingerprint density at radius 3 is 2.65 bits per heavy atom. The number of aliphatic hydroxyl groups is 1. The van der Waals surface area contributed by atoms with Gasteiger partial charge in [-0.2, -0.15) is 0 Å². The van der Waals surface area contributed by atoms with Crippen molar-refractivity contribution in [2.75, 3.05) is 13.1 Å². The number of carbonyl (C=O) groups is 1. The van der Waals surface area contributed by atoms with E-state index in [2.05, 4.69) is 16.6 Å². The molecule has 0 spiro atoms. The average molecular weight is 378 g/mol. The third-order valence-corrected chi connectivity index (χ3v) is 4.93. The van der Waals surface area contributed by atoms with E-state index in [1.165, 1.54) is 48.5 Å². The largest absolute Gasteiger partial charge is 0.387 e. The van der Waals surface area contributed by atoms with Crippen LogP contribution in [0.1, 0.15) is 22.0 Å². The highest BCUT2D eigenvalue weighted by Crippen LogP contribution is 2.14. The molecule has 0 aliphatic rings. The quantitative estimate of drug-likeness (QED) is 0.610. The third kappa shape index (κ3) is 5.22. The number of benzene rings is 2. The van der Waals surface area contributed by atoms with Gasteiger partial charge in [0.05, 0.1) is 11.0 Å². The molecule has 0 radical (unpaired) electrons. The lowest BCUT2D eigenvalue weighted by Gasteiger charge is -2.13. The molecule has 0 aliphatic carbocycles. The van der Waals surface area contributed by atoms with Gasteiger partial charge in [0.25, 0.3) is 5.91 Å². The summed E-state index contributed by atoms with van der Waals surface area (Å²) in [6.45, 7) is 3.36. The Morgan fingerprint density at radius 2 is 1.96 bits per heavy atom. The van der Waals surface area contributed by atoms with E-state index in [1.54, 1.807) is 6.07 Å². The van der Waals surface area contributed by atoms with E-state index in [0.717, 1.165) is 0 Å². The Morgan fingerprint density at radius 1 is 1.23 bits per heavy atom. The van der Waals surface area contributed by atoms with Gasteiger partial charge in [0.2, 0.25) is 10.0 Å². The second-order valence-corrected chi connectivity index (χ2v) is 7.22. The van der Waals surface area contributed by atoms with Crippen LogP contribution in [0.3, 0.4) is 0 Å². The van der Waals surface area contributed by atoms with Crippen molar-refractivity contribution in [1.29, 1.82) is 0 Å². The molecule has 0 bridgehead atoms. The number of carbonyl (C=O) groups excluding carboxylic acids is 1. The van der Waals surface area contributed by atoms with Gasteiger partial charge in [-0.15, -0.1) is 6.58 Å². The normalized spacial score (nSPS) is 12.4. The molecule has 0 saturated carbocycles. The number of hydrogen-bond donors (Lipinski definition) is 3. The van der Waals surface area contributed by atoms with Crippen molar-refractivity contribution in [1.82, 2.24) is 10.0 Å². The molecule has 0 aromatic heterocycles. The van der Waals surface area contributed by atoms with E-state index >= 15 is 0 Å². The molecule has 2 aromatic carbocycles. The molecule has 0 fully saturated rings. The highest BCUT2D eigenvalue weighted by molar-refractivity contribution is 7.89. The molecule has 0 heterocycles. The summed E-state index contributed by atoms with van der Waals surface area (Å²) in [4.78, 5) is 12.2. The van der Waals surface area contributed by atoms with Gasteiger partial charge in [-0.25, -0.2) is 17.5 Å². The summed E-state index contributed by atoms with van der Waals surface area (Å²) >= 11 is 0. The van der Waals surface area contributed by atoms with Crippen LogP contribution in [0.5, 0.6) is 0 Å². The summed E-state index contributed by atoms with van der Waals surface area (Å²) in [5, 5.41) is 12.5. The third-order valence-electron chi connectivity index (χ3n) is 3.51. The standard InChI is InChI=1S/C18H19FN2O4S/c1-2-9-21-26(24,25)16-8-4-6-14(11-16)18(23)20-12-17(22)13-5-3-7-15(19)10-13/h2-8,10-11,17,21-22H,1,9,12H2,(H,20,23). The number of rotatable bonds is 8. The number of aliphatic hydroxyl groups excluding tert-OH is 1. The van der Waals surface area contributed by atoms with Crippen LogP contribution in [0, 0.1) is 5.82 Å². The van der Waals surface area contributed by atoms with E-state index in [-0.39, 0.29) is 23.5 Å². The minimum atomic E-state index is -3.75. The van der Waals surface area contributed by atoms with Gasteiger partial charge >= 0.3 is 0 Å². The molecule has 1 unspecified atom stereocenters. The fourth-order valence-corrected chi connectivity index (χ4v) is 3.22. The van der Waals surface area contributed by atoms with Crippen molar-refractivity contribution in [2.24, 2.45) is 0 Å². The molecule has 138 valence electrons. The maximum atomic E-state index is 13.2. The smallest absolute Gasteiger partial charge is 0.251 e. The Labute approximate surface area is 151 Å². The number of sulfonamides is 1. The SMILES string of the molecule is C=CCNS(=O)(=O)c1cccc(C(=O)NCC(O)c2cccc(F)c2)c1. The van der Waals surface area contributed by atoms with Crippen molar-refractivity contribution in [3.05, 3.63) is 78.1 Å². The van der Waals surface area contributed by atoms with Gasteiger partial charge in [-0.1, -0.05) is 24.3 Å². The Balaban J connectivity index is 2.06. The molecule has 2 rings (SSSR count). The number of halogens is 1. The van der Waals surface area contributed by atoms with E-state index in [9.17, 15) is 22.7 Å². The highest BCUT2D eigenvalue weighted by atomic mass is 32.2. The van der Waals surface area contributed by atoms with Crippen LogP contribution in [-0.4, -0.2) is 32.5 Å². The van der Waals surface area contributed by atoms with Gasteiger partial charge in [0.1, 0.15) is 5.82 Å². The maximum absolute atomic E-state index is 13.2. The molecule has 26 heavy (non-hydrogen) atoms. The first-order valence-electron chi connectivity index (χ1n) is 7.76. The molecule has 0 aliphatic heterocycles. The minimum Gasteiger partial charge on any atom is -0.387 e. The van der Waals surface area contributed by atoms with Gasteiger partial charge in [0, 0.05) is 18.7 Å². The molecule has 8 heteroatoms. The predicted molar refractivity (Wildman–Crippen MR) is 95.5 cm³/mol. The van der Waals surface area contributed by atoms with Gasteiger partial charge in [-0.3, -0.25) is 4.79 Å². The first-order chi connectivity index (χ1) is 12.3. The lowest BCUT2D eigenvalue weighted by atomic mass is 10.1. The Hall–Kier alpha value is -2.55. The monoisotopic (exact) mass is 378 g/mol. The van der Waals surface area contributed by atoms with E-state index in [1.807, 2.05) is 0 Å². The number of nitrogens with one attached hydrogen (secondary N) is 2. The summed E-state index contributed by atoms with van der Waals surface area (Å²) < 4.78 is 39.6. The summed E-state index contributed by atoms with van der Waals surface area (Å²) in [6, 6.07) is 10.9. The topological polar surface area (TPSA) is 95.5 Å². The van der Waals surface area contributed by atoms with Crippen LogP contribution in [0.15, 0.2) is 66.1 Å². The molecule has 3 N–H and O–H groups in total. The zero-order valence-electron chi connectivity index (χ0n) is 13.9. The molecule has 1 atom stereocenters. The van der Waals surface area contributed by atoms with Gasteiger partial charge in [-0.05, 0) is 35.9 Å². The fourth-order valence-electron chi connectivity index (χ4n) is 2.18. The molecular formula is C18H19FN2O4S. The van der Waals surface area contributed by atoms with Crippen molar-refractivity contribution >= 4 is 15.9 Å². The number of hydrogen-bond acceptors (Lipinski definition) is 4. The molecule has 6 nitrogen and oxygen atoms in total. The van der Waals surface area contributed by atoms with Gasteiger partial charge in [0.15, 0.2) is 0 Å². The molecular weight excluding hydrogens is 359 g/mol. The lowest BCUT2D eigenvalue weighted by molar-refractivity contribution is 0.0916. The molecule has 2 aromatic rings. The summed E-state index contributed by atoms with van der Waals surface area (Å²) in [6.07, 6.45) is 0.317. The zero-order valence-corrected chi connectivity index (χ0v) is 14.7. The van der Waals surface area contributed by atoms with Gasteiger partial charge < -0.3 is 10.4 Å². The van der Waals surface area contributed by atoms with Crippen LogP contribution in [-0.2, 0) is 10.0 Å². The van der Waals surface area contributed by atoms with Crippen LogP contribution in [0.4, 0.5) is 4.39 Å². The Kier molecular flexibility index (Phi) is 6.62. The first kappa shape index (κ1) is 19.8. The van der Waals surface area contributed by atoms with Crippen LogP contribution < -0.4 is 10.0 Å². The minimum absolute atomic E-state index is 0.0577. The second-order valence-electron chi connectivity index (χ2n) is 5.45. The summed E-state index contributed by atoms with van der Waals surface area (Å²) in [5.74, 6) is -1.04. The van der Waals surface area contributed by atoms with Crippen LogP contribution in [0.2, 0.25) is 0 Å². The highest BCUT2D eigenvalue weighted by Gasteiger charge is 2.16. The maximum Gasteiger partial charge on any atom is 0.251 e. The molecule has 1 amide bonds.